The summed E-state index contributed by atoms with van der Waals surface area (Å²) in [5.74, 6) is 0.375. The lowest BCUT2D eigenvalue weighted by Gasteiger charge is -2.31. The van der Waals surface area contributed by atoms with Crippen LogP contribution in [-0.4, -0.2) is 38.4 Å². The smallest absolute Gasteiger partial charge is 0.243 e. The summed E-state index contributed by atoms with van der Waals surface area (Å²) < 4.78 is 40.1. The zero-order valence-electron chi connectivity index (χ0n) is 12.3. The van der Waals surface area contributed by atoms with Crippen molar-refractivity contribution in [3.8, 4) is 0 Å². The molecule has 22 heavy (non-hydrogen) atoms. The minimum atomic E-state index is -3.53. The molecule has 0 radical (unpaired) electrons. The van der Waals surface area contributed by atoms with Gasteiger partial charge in [0.15, 0.2) is 0 Å². The number of sulfonamides is 1. The molecule has 1 N–H and O–H groups in total. The fourth-order valence-electron chi connectivity index (χ4n) is 2.74. The molecule has 122 valence electrons. The van der Waals surface area contributed by atoms with E-state index in [1.165, 1.54) is 35.3 Å². The second kappa shape index (κ2) is 6.55. The van der Waals surface area contributed by atoms with Gasteiger partial charge < -0.3 is 5.32 Å². The highest BCUT2D eigenvalue weighted by molar-refractivity contribution is 9.10. The summed E-state index contributed by atoms with van der Waals surface area (Å²) in [5, 5.41) is 3.53. The summed E-state index contributed by atoms with van der Waals surface area (Å²) in [7, 11) is -3.53. The van der Waals surface area contributed by atoms with Crippen LogP contribution in [0.25, 0.3) is 0 Å². The Balaban J connectivity index is 1.62. The molecule has 0 amide bonds. The van der Waals surface area contributed by atoms with E-state index in [1.54, 1.807) is 0 Å². The molecule has 0 unspecified atom stereocenters. The van der Waals surface area contributed by atoms with Crippen LogP contribution in [0, 0.1) is 11.7 Å². The number of benzene rings is 1. The van der Waals surface area contributed by atoms with Crippen molar-refractivity contribution in [2.24, 2.45) is 5.92 Å². The first-order chi connectivity index (χ1) is 10.5. The predicted molar refractivity (Wildman–Crippen MR) is 86.6 cm³/mol. The molecule has 1 aromatic rings. The molecule has 0 aromatic heterocycles. The third-order valence-corrected chi connectivity index (χ3v) is 6.88. The van der Waals surface area contributed by atoms with E-state index < -0.39 is 15.8 Å². The molecular formula is C15H20BrFN2O2S. The van der Waals surface area contributed by atoms with Crippen LogP contribution in [0.5, 0.6) is 0 Å². The lowest BCUT2D eigenvalue weighted by Crippen LogP contribution is -2.45. The van der Waals surface area contributed by atoms with E-state index in [9.17, 15) is 12.8 Å². The van der Waals surface area contributed by atoms with Crippen LogP contribution in [-0.2, 0) is 10.0 Å². The van der Waals surface area contributed by atoms with E-state index in [0.717, 1.165) is 25.3 Å². The van der Waals surface area contributed by atoms with Crippen molar-refractivity contribution >= 4 is 26.0 Å². The van der Waals surface area contributed by atoms with Crippen LogP contribution < -0.4 is 5.32 Å². The van der Waals surface area contributed by atoms with Crippen molar-refractivity contribution in [3.05, 3.63) is 28.5 Å². The molecule has 1 heterocycles. The van der Waals surface area contributed by atoms with Crippen LogP contribution in [0.3, 0.4) is 0 Å². The molecule has 7 heteroatoms. The molecule has 2 aliphatic rings. The largest absolute Gasteiger partial charge is 0.314 e. The third-order valence-electron chi connectivity index (χ3n) is 4.37. The molecule has 1 saturated carbocycles. The Labute approximate surface area is 139 Å². The fourth-order valence-corrected chi connectivity index (χ4v) is 4.77. The van der Waals surface area contributed by atoms with E-state index in [-0.39, 0.29) is 9.37 Å². The summed E-state index contributed by atoms with van der Waals surface area (Å²) in [5.41, 5.74) is 0. The van der Waals surface area contributed by atoms with Crippen molar-refractivity contribution in [1.29, 1.82) is 0 Å². The average Bonchev–Trinajstić information content (AvgIpc) is 3.32. The molecule has 4 nitrogen and oxygen atoms in total. The molecule has 2 fully saturated rings. The Morgan fingerprint density at radius 2 is 1.91 bits per heavy atom. The molecular weight excluding hydrogens is 371 g/mol. The second-order valence-corrected chi connectivity index (χ2v) is 8.90. The topological polar surface area (TPSA) is 49.4 Å². The van der Waals surface area contributed by atoms with Gasteiger partial charge in [0, 0.05) is 19.1 Å². The quantitative estimate of drug-likeness (QED) is 0.840. The van der Waals surface area contributed by atoms with Crippen molar-refractivity contribution in [3.63, 3.8) is 0 Å². The second-order valence-electron chi connectivity index (χ2n) is 6.11. The van der Waals surface area contributed by atoms with Crippen molar-refractivity contribution in [2.45, 2.75) is 36.6 Å². The molecule has 1 aliphatic heterocycles. The minimum Gasteiger partial charge on any atom is -0.314 e. The SMILES string of the molecule is O=S(=O)(c1ccc(F)c(Br)c1)N1CCC(NCC2CC2)CC1. The summed E-state index contributed by atoms with van der Waals surface area (Å²) in [6, 6.07) is 4.25. The van der Waals surface area contributed by atoms with Gasteiger partial charge in [-0.05, 0) is 72.3 Å². The maximum absolute atomic E-state index is 13.3. The monoisotopic (exact) mass is 390 g/mol. The summed E-state index contributed by atoms with van der Waals surface area (Å²) in [4.78, 5) is 0.144. The number of rotatable bonds is 5. The molecule has 1 aliphatic carbocycles. The molecule has 1 saturated heterocycles. The Morgan fingerprint density at radius 3 is 2.50 bits per heavy atom. The number of nitrogens with zero attached hydrogens (tertiary/aromatic N) is 1. The van der Waals surface area contributed by atoms with Gasteiger partial charge in [0.05, 0.1) is 9.37 Å². The van der Waals surface area contributed by atoms with E-state index in [2.05, 4.69) is 21.2 Å². The van der Waals surface area contributed by atoms with Crippen LogP contribution in [0.2, 0.25) is 0 Å². The van der Waals surface area contributed by atoms with Gasteiger partial charge in [0.25, 0.3) is 0 Å². The molecule has 1 aromatic carbocycles. The Hall–Kier alpha value is -0.500. The summed E-state index contributed by atoms with van der Waals surface area (Å²) in [6.07, 6.45) is 4.29. The third kappa shape index (κ3) is 3.69. The number of hydrogen-bond acceptors (Lipinski definition) is 3. The number of halogens is 2. The van der Waals surface area contributed by atoms with Gasteiger partial charge in [0.1, 0.15) is 5.82 Å². The highest BCUT2D eigenvalue weighted by Crippen LogP contribution is 2.29. The first kappa shape index (κ1) is 16.4. The lowest BCUT2D eigenvalue weighted by atomic mass is 10.1. The summed E-state index contributed by atoms with van der Waals surface area (Å²) >= 11 is 3.04. The van der Waals surface area contributed by atoms with E-state index in [1.807, 2.05) is 0 Å². The first-order valence-corrected chi connectivity index (χ1v) is 9.89. The zero-order valence-corrected chi connectivity index (χ0v) is 14.7. The minimum absolute atomic E-state index is 0.144. The zero-order chi connectivity index (χ0) is 15.7. The van der Waals surface area contributed by atoms with Gasteiger partial charge in [0.2, 0.25) is 10.0 Å². The highest BCUT2D eigenvalue weighted by Gasteiger charge is 2.30. The maximum atomic E-state index is 13.3. The molecule has 0 atom stereocenters. The maximum Gasteiger partial charge on any atom is 0.243 e. The Bertz CT molecular complexity index is 641. The summed E-state index contributed by atoms with van der Waals surface area (Å²) in [6.45, 7) is 2.08. The fraction of sp³-hybridized carbons (Fsp3) is 0.600. The number of hydrogen-bond donors (Lipinski definition) is 1. The predicted octanol–water partition coefficient (Wildman–Crippen LogP) is 2.74. The van der Waals surface area contributed by atoms with E-state index >= 15 is 0 Å². The van der Waals surface area contributed by atoms with Crippen LogP contribution >= 0.6 is 15.9 Å². The number of piperidine rings is 1. The normalized spacial score (nSPS) is 21.2. The first-order valence-electron chi connectivity index (χ1n) is 7.65. The number of nitrogens with one attached hydrogen (secondary N) is 1. The van der Waals surface area contributed by atoms with Gasteiger partial charge >= 0.3 is 0 Å². The van der Waals surface area contributed by atoms with Crippen molar-refractivity contribution < 1.29 is 12.8 Å². The highest BCUT2D eigenvalue weighted by atomic mass is 79.9. The Kier molecular flexibility index (Phi) is 4.87. The Morgan fingerprint density at radius 1 is 1.23 bits per heavy atom. The van der Waals surface area contributed by atoms with Gasteiger partial charge in [-0.3, -0.25) is 0 Å². The van der Waals surface area contributed by atoms with Crippen molar-refractivity contribution in [1.82, 2.24) is 9.62 Å². The molecule has 3 rings (SSSR count). The van der Waals surface area contributed by atoms with Crippen LogP contribution in [0.4, 0.5) is 4.39 Å². The molecule has 0 spiro atoms. The van der Waals surface area contributed by atoms with E-state index in [0.29, 0.717) is 19.1 Å². The standard InChI is InChI=1S/C15H20BrFN2O2S/c16-14-9-13(3-4-15(14)17)22(20,21)19-7-5-12(6-8-19)18-10-11-1-2-11/h3-4,9,11-12,18H,1-2,5-8,10H2. The van der Waals surface area contributed by atoms with Crippen LogP contribution in [0.1, 0.15) is 25.7 Å². The molecule has 0 bridgehead atoms. The van der Waals surface area contributed by atoms with Gasteiger partial charge in [-0.2, -0.15) is 4.31 Å². The van der Waals surface area contributed by atoms with Crippen molar-refractivity contribution in [2.75, 3.05) is 19.6 Å². The van der Waals surface area contributed by atoms with Crippen LogP contribution in [0.15, 0.2) is 27.6 Å². The van der Waals surface area contributed by atoms with Gasteiger partial charge in [-0.25, -0.2) is 12.8 Å². The van der Waals surface area contributed by atoms with Gasteiger partial charge in [-0.15, -0.1) is 0 Å². The van der Waals surface area contributed by atoms with Gasteiger partial charge in [-0.1, -0.05) is 0 Å². The van der Waals surface area contributed by atoms with E-state index in [4.69, 9.17) is 0 Å². The average molecular weight is 391 g/mol. The lowest BCUT2D eigenvalue weighted by molar-refractivity contribution is 0.288.